The van der Waals surface area contributed by atoms with E-state index in [1.165, 1.54) is 48.6 Å². The quantitative estimate of drug-likeness (QED) is 0.0621. The molecule has 516 valence electrons. The summed E-state index contributed by atoms with van der Waals surface area (Å²) >= 11 is 2.33. The minimum Gasteiger partial charge on any atom is -0.565 e. The summed E-state index contributed by atoms with van der Waals surface area (Å²) in [6, 6.07) is 4.68. The van der Waals surface area contributed by atoms with E-state index in [0.717, 1.165) is 23.6 Å². The lowest BCUT2D eigenvalue weighted by molar-refractivity contribution is -0.306. The molecule has 0 radical (unpaired) electrons. The molecular formula is C63H79N13O18S2. The number of aromatic hydroxyl groups is 1. The van der Waals surface area contributed by atoms with E-state index in [-0.39, 0.29) is 80.6 Å². The van der Waals surface area contributed by atoms with Gasteiger partial charge in [-0.15, -0.1) is 0 Å². The van der Waals surface area contributed by atoms with Crippen LogP contribution in [0.15, 0.2) is 90.5 Å². The fourth-order valence-electron chi connectivity index (χ4n) is 10.6. The molecule has 3 aliphatic heterocycles. The maximum atomic E-state index is 15.1. The van der Waals surface area contributed by atoms with Gasteiger partial charge in [-0.2, -0.15) is 23.5 Å². The normalized spacial score (nSPS) is 24.8. The highest BCUT2D eigenvalue weighted by molar-refractivity contribution is 7.98. The first-order chi connectivity index (χ1) is 46.0. The number of hydrogen-bond donors (Lipinski definition) is 12. The van der Waals surface area contributed by atoms with Gasteiger partial charge in [0, 0.05) is 77.9 Å². The first-order valence-corrected chi connectivity index (χ1v) is 33.3. The van der Waals surface area contributed by atoms with Crippen LogP contribution in [0.1, 0.15) is 86.2 Å². The zero-order valence-corrected chi connectivity index (χ0v) is 54.0. The van der Waals surface area contributed by atoms with Crippen molar-refractivity contribution in [2.75, 3.05) is 31.3 Å². The number of phenolic OH excluding ortho intramolecular Hbond substituents is 1. The predicted octanol–water partition coefficient (Wildman–Crippen LogP) is -3.20. The number of carboxylic acid groups (broad SMARTS) is 1. The third kappa shape index (κ3) is 23.3. The van der Waals surface area contributed by atoms with Crippen molar-refractivity contribution in [3.63, 3.8) is 0 Å². The fraction of sp³-hybridized carbons (Fsp3) is 0.460. The summed E-state index contributed by atoms with van der Waals surface area (Å²) < 4.78 is 6.26. The number of aromatic amines is 1. The number of aromatic nitrogens is 2. The van der Waals surface area contributed by atoms with Gasteiger partial charge in [0.15, 0.2) is 0 Å². The van der Waals surface area contributed by atoms with Gasteiger partial charge in [-0.1, -0.05) is 53.7 Å². The van der Waals surface area contributed by atoms with Crippen molar-refractivity contribution in [1.29, 1.82) is 0 Å². The number of nitrogens with two attached hydrogens (primary N) is 1. The highest BCUT2D eigenvalue weighted by Crippen LogP contribution is 2.27. The van der Waals surface area contributed by atoms with Gasteiger partial charge in [0.1, 0.15) is 85.1 Å². The zero-order valence-electron chi connectivity index (χ0n) is 52.4. The number of carbonyl (C=O) groups excluding carboxylic acids is 12. The summed E-state index contributed by atoms with van der Waals surface area (Å²) in [6.45, 7) is 1.44. The molecule has 3 aliphatic rings. The molecule has 0 aliphatic carbocycles. The van der Waals surface area contributed by atoms with Crippen LogP contribution in [-0.4, -0.2) is 199 Å². The van der Waals surface area contributed by atoms with Crippen LogP contribution in [0.2, 0.25) is 0 Å². The molecule has 15 N–H and O–H groups in total. The van der Waals surface area contributed by atoms with Crippen LogP contribution >= 0.6 is 23.5 Å². The van der Waals surface area contributed by atoms with E-state index in [0.29, 0.717) is 65.6 Å². The smallest absolute Gasteiger partial charge is 0.518 e. The SMILES string of the molecule is C[C@@H](O)[C@@H]1NC(=O)[C@H](CC(=O)[OH2+])NC(=O)[C@@H]2CCCN2C(=O)[C@H](Cc2ccccc2)NC(=O)[C@@H]2CSCc3cc(cc(c3)OCCCCCCO/N=C/C(=O)N[C@@H](CC(=O)[O-])C(=O)N2)CSC[C@@H](C(N)=O)NC(=O)[C@H](Cc2cnc[nH]2)NC(=O)[C@H](Cc2ccc(O)cc2)NC1=O. The number of fused-ring (bicyclic) bond motifs is 6. The van der Waals surface area contributed by atoms with E-state index >= 15 is 4.79 Å². The number of aliphatic carboxylic acids is 1. The molecule has 10 atom stereocenters. The van der Waals surface area contributed by atoms with Crippen molar-refractivity contribution in [2.24, 2.45) is 10.9 Å². The molecular weight excluding hydrogens is 1290 g/mol. The third-order valence-corrected chi connectivity index (χ3v) is 17.7. The number of nitrogens with zero attached hydrogens (tertiary/aromatic N) is 3. The highest BCUT2D eigenvalue weighted by atomic mass is 32.2. The number of hydrogen-bond acceptors (Lipinski definition) is 21. The largest absolute Gasteiger partial charge is 0.565 e. The van der Waals surface area contributed by atoms with Crippen molar-refractivity contribution in [3.8, 4) is 11.5 Å². The number of carbonyl (C=O) groups is 12. The molecule has 31 nitrogen and oxygen atoms in total. The van der Waals surface area contributed by atoms with Crippen LogP contribution in [0.4, 0.5) is 0 Å². The van der Waals surface area contributed by atoms with E-state index in [1.807, 2.05) is 6.07 Å². The first-order valence-electron chi connectivity index (χ1n) is 31.0. The van der Waals surface area contributed by atoms with Crippen LogP contribution in [0.3, 0.4) is 0 Å². The number of amides is 10. The number of aliphatic hydroxyl groups excluding tert-OH is 1. The predicted molar refractivity (Wildman–Crippen MR) is 345 cm³/mol. The number of rotatable bonds is 12. The lowest BCUT2D eigenvalue weighted by atomic mass is 10.0. The number of thioether (sulfide) groups is 2. The number of phenols is 1. The minimum atomic E-state index is -1.95. The minimum absolute atomic E-state index is 0.0175. The molecule has 0 spiro atoms. The molecule has 96 heavy (non-hydrogen) atoms. The second-order valence-corrected chi connectivity index (χ2v) is 25.2. The fourth-order valence-corrected chi connectivity index (χ4v) is 12.6. The van der Waals surface area contributed by atoms with Crippen molar-refractivity contribution < 1.29 is 87.5 Å². The van der Waals surface area contributed by atoms with Crippen molar-refractivity contribution in [3.05, 3.63) is 113 Å². The van der Waals surface area contributed by atoms with Gasteiger partial charge in [0.05, 0.1) is 19.0 Å². The monoisotopic (exact) mass is 1370 g/mol. The average Bonchev–Trinajstić information content (AvgIpc) is 1.53. The molecule has 7 rings (SSSR count). The lowest BCUT2D eigenvalue weighted by Crippen LogP contribution is -2.62. The number of oxime groups is 1. The van der Waals surface area contributed by atoms with Gasteiger partial charge < -0.3 is 92.9 Å². The van der Waals surface area contributed by atoms with Crippen molar-refractivity contribution >= 4 is 101 Å². The highest BCUT2D eigenvalue weighted by Gasteiger charge is 2.42. The Morgan fingerprint density at radius 1 is 0.677 bits per heavy atom. The number of carboxylic acids is 1. The first kappa shape index (κ1) is 73.6. The van der Waals surface area contributed by atoms with Crippen LogP contribution in [0.25, 0.3) is 0 Å². The van der Waals surface area contributed by atoms with Crippen molar-refractivity contribution in [1.82, 2.24) is 57.4 Å². The molecule has 10 amide bonds. The van der Waals surface area contributed by atoms with E-state index in [2.05, 4.69) is 57.7 Å². The van der Waals surface area contributed by atoms with Gasteiger partial charge in [-0.25, -0.2) is 4.98 Å². The zero-order chi connectivity index (χ0) is 69.3. The molecule has 0 unspecified atom stereocenters. The standard InChI is InChI=1S/C63H79N13O18S2/c1-35(77)54-62(91)71-43(23-37-13-15-41(78)16-14-37)56(85)69-44(25-40-28-65-34-66-40)57(86)73-48(55(64)84)32-95-30-38-20-39-22-42(21-38)93-18-7-2-3-8-19-94-67-29-51(79)68-45(26-52(80)81)58(87)74-49(33-96-31-39)60(89)72-47(24-36-10-5-4-6-11-36)63(92)76-17-9-12-50(76)61(90)70-46(27-53(82)83)59(88)75-54/h4-6,10-11,13-16,20-22,28-29,34-35,43-50,54,77-78H,2-3,7-9,12,17-19,23-27,30-33H2,1H3,(H2,64,84)(H,65,66)(H,68,79)(H,69,85)(H,70,90)(H,71,91)(H,72,89)(H,73,86)(H,74,87)(H,75,88)(H,80,81)(H,82,83)/b67-29+/t35-,43+,44+,45+,46+,47+,48+,49+,50+,54+/m1/s1. The van der Waals surface area contributed by atoms with Gasteiger partial charge in [-0.05, 0) is 92.0 Å². The summed E-state index contributed by atoms with van der Waals surface area (Å²) in [7, 11) is 0. The number of imidazole rings is 1. The van der Waals surface area contributed by atoms with Gasteiger partial charge in [0.2, 0.25) is 53.2 Å². The number of nitrogens with one attached hydrogen (secondary N) is 9. The summed E-state index contributed by atoms with van der Waals surface area (Å²) in [5.41, 5.74) is 8.49. The molecule has 4 heterocycles. The number of H-pyrrole nitrogens is 1. The van der Waals surface area contributed by atoms with Crippen LogP contribution in [-0.2, 0) is 93.1 Å². The molecule has 1 fully saturated rings. The second-order valence-electron chi connectivity index (χ2n) is 23.1. The Labute approximate surface area is 559 Å². The van der Waals surface area contributed by atoms with Crippen LogP contribution in [0, 0.1) is 0 Å². The molecule has 4 aromatic rings. The lowest BCUT2D eigenvalue weighted by Gasteiger charge is -2.31. The van der Waals surface area contributed by atoms with Crippen LogP contribution < -0.4 is 58.1 Å². The molecule has 4 bridgehead atoms. The molecule has 0 saturated carbocycles. The van der Waals surface area contributed by atoms with Gasteiger partial charge >= 0.3 is 5.97 Å². The Hall–Kier alpha value is -9.76. The van der Waals surface area contributed by atoms with Crippen LogP contribution in [0.5, 0.6) is 11.5 Å². The van der Waals surface area contributed by atoms with Gasteiger partial charge in [-0.3, -0.25) is 47.9 Å². The van der Waals surface area contributed by atoms with E-state index < -0.39 is 144 Å². The Bertz CT molecular complexity index is 3420. The molecule has 1 saturated heterocycles. The van der Waals surface area contributed by atoms with Gasteiger partial charge in [0.25, 0.3) is 5.91 Å². The maximum Gasteiger partial charge on any atom is 0.518 e. The third-order valence-electron chi connectivity index (χ3n) is 15.5. The number of aliphatic hydroxyl groups is 1. The number of primary amides is 1. The summed E-state index contributed by atoms with van der Waals surface area (Å²) in [4.78, 5) is 181. The topological polar surface area (TPSA) is 476 Å². The molecule has 3 aromatic carbocycles. The van der Waals surface area contributed by atoms with E-state index in [9.17, 15) is 68.1 Å². The Morgan fingerprint density at radius 3 is 1.95 bits per heavy atom. The Morgan fingerprint density at radius 2 is 1.28 bits per heavy atom. The van der Waals surface area contributed by atoms with E-state index in [4.69, 9.17) is 20.4 Å². The van der Waals surface area contributed by atoms with E-state index in [1.54, 1.807) is 42.5 Å². The summed E-state index contributed by atoms with van der Waals surface area (Å²) in [6.07, 6.45) is 1.63. The second kappa shape index (κ2) is 36.8. The average molecular weight is 1370 g/mol. The summed E-state index contributed by atoms with van der Waals surface area (Å²) in [5, 5.41) is 64.8. The Balaban J connectivity index is 1.29. The summed E-state index contributed by atoms with van der Waals surface area (Å²) in [5.74, 6) is -13.0. The maximum absolute atomic E-state index is 15.1. The Kier molecular flexibility index (Phi) is 28.2. The number of benzene rings is 3. The molecule has 33 heteroatoms. The number of ether oxygens (including phenoxy) is 1. The molecule has 1 aromatic heterocycles. The van der Waals surface area contributed by atoms with Crippen molar-refractivity contribution in [2.45, 2.75) is 150 Å².